The fraction of sp³-hybridized carbons (Fsp3) is 0.263. The Morgan fingerprint density at radius 2 is 1.62 bits per heavy atom. The van der Waals surface area contributed by atoms with Gasteiger partial charge in [-0.1, -0.05) is 12.1 Å². The van der Waals surface area contributed by atoms with Crippen LogP contribution < -0.4 is 9.64 Å². The van der Waals surface area contributed by atoms with Crippen molar-refractivity contribution in [1.29, 1.82) is 0 Å². The Balaban J connectivity index is 1.90. The monoisotopic (exact) mass is 417 g/mol. The molecule has 1 fully saturated rings. The summed E-state index contributed by atoms with van der Waals surface area (Å²) in [5.74, 6) is -1.77. The number of hydrogen-bond donors (Lipinski definition) is 0. The summed E-state index contributed by atoms with van der Waals surface area (Å²) < 4.78 is 80.0. The molecule has 0 aliphatic carbocycles. The smallest absolute Gasteiger partial charge is 0.422 e. The predicted molar refractivity (Wildman–Crippen MR) is 89.3 cm³/mol. The van der Waals surface area contributed by atoms with E-state index in [1.165, 1.54) is 24.3 Å². The number of ether oxygens (including phenoxy) is 1. The van der Waals surface area contributed by atoms with E-state index in [1.807, 2.05) is 0 Å². The molecule has 4 nitrogen and oxygen atoms in total. The van der Waals surface area contributed by atoms with Crippen molar-refractivity contribution in [1.82, 2.24) is 0 Å². The van der Waals surface area contributed by atoms with E-state index in [0.29, 0.717) is 5.56 Å². The van der Waals surface area contributed by atoms with Crippen molar-refractivity contribution in [2.45, 2.75) is 24.8 Å². The van der Waals surface area contributed by atoms with E-state index in [9.17, 15) is 35.9 Å². The number of amides is 1. The summed E-state index contributed by atoms with van der Waals surface area (Å²) in [6.45, 7) is -1.51. The molecule has 1 amide bonds. The highest BCUT2D eigenvalue weighted by atomic mass is 19.4. The number of Topliss-reactive ketones (excluding diaryl/α,β-unsaturated/α-hetero) is 1. The number of carbonyl (C=O) groups excluding carboxylic acids is 2. The van der Waals surface area contributed by atoms with Gasteiger partial charge in [-0.15, -0.1) is 0 Å². The van der Waals surface area contributed by atoms with Gasteiger partial charge in [-0.05, 0) is 42.0 Å². The summed E-state index contributed by atoms with van der Waals surface area (Å²) in [5.41, 5.74) is -0.525. The highest BCUT2D eigenvalue weighted by Crippen LogP contribution is 2.38. The van der Waals surface area contributed by atoms with Crippen molar-refractivity contribution >= 4 is 17.4 Å². The molecule has 1 saturated heterocycles. The summed E-state index contributed by atoms with van der Waals surface area (Å²) in [4.78, 5) is 25.3. The van der Waals surface area contributed by atoms with Crippen molar-refractivity contribution in [3.8, 4) is 5.75 Å². The molecule has 1 aliphatic heterocycles. The zero-order chi connectivity index (χ0) is 21.4. The fourth-order valence-electron chi connectivity index (χ4n) is 2.98. The number of benzene rings is 2. The van der Waals surface area contributed by atoms with Gasteiger partial charge in [0.1, 0.15) is 5.75 Å². The molecule has 0 N–H and O–H groups in total. The second kappa shape index (κ2) is 7.41. The molecule has 3 rings (SSSR count). The number of ketones is 1. The van der Waals surface area contributed by atoms with Crippen LogP contribution in [0, 0.1) is 0 Å². The molecule has 29 heavy (non-hydrogen) atoms. The van der Waals surface area contributed by atoms with Crippen LogP contribution >= 0.6 is 0 Å². The van der Waals surface area contributed by atoms with Crippen LogP contribution in [0.4, 0.5) is 32.0 Å². The van der Waals surface area contributed by atoms with Crippen molar-refractivity contribution in [3.63, 3.8) is 0 Å². The van der Waals surface area contributed by atoms with Crippen LogP contribution in [0.25, 0.3) is 0 Å². The maximum atomic E-state index is 12.7. The van der Waals surface area contributed by atoms with Crippen molar-refractivity contribution in [3.05, 3.63) is 59.7 Å². The first kappa shape index (κ1) is 20.7. The number of alkyl halides is 6. The molecular formula is C19H13F6NO3. The fourth-order valence-corrected chi connectivity index (χ4v) is 2.98. The Morgan fingerprint density at radius 3 is 2.21 bits per heavy atom. The number of carbonyl (C=O) groups is 2. The highest BCUT2D eigenvalue weighted by Gasteiger charge is 2.40. The summed E-state index contributed by atoms with van der Waals surface area (Å²) >= 11 is 0. The number of nitrogens with zero attached hydrogens (tertiary/aromatic N) is 1. The third kappa shape index (κ3) is 4.69. The molecule has 0 bridgehead atoms. The number of halogens is 6. The number of anilines is 1. The van der Waals surface area contributed by atoms with Crippen LogP contribution in [0.5, 0.6) is 5.75 Å². The minimum atomic E-state index is -4.56. The Morgan fingerprint density at radius 1 is 0.966 bits per heavy atom. The van der Waals surface area contributed by atoms with E-state index in [2.05, 4.69) is 4.74 Å². The van der Waals surface area contributed by atoms with Gasteiger partial charge in [0.15, 0.2) is 6.61 Å². The van der Waals surface area contributed by atoms with E-state index >= 15 is 0 Å². The Hall–Kier alpha value is -3.04. The molecule has 154 valence electrons. The highest BCUT2D eigenvalue weighted by molar-refractivity contribution is 6.44. The van der Waals surface area contributed by atoms with Gasteiger partial charge < -0.3 is 4.74 Å². The second-order valence-electron chi connectivity index (χ2n) is 6.34. The van der Waals surface area contributed by atoms with Gasteiger partial charge in [-0.3, -0.25) is 14.5 Å². The summed E-state index contributed by atoms with van der Waals surface area (Å²) in [5, 5.41) is 0. The van der Waals surface area contributed by atoms with Gasteiger partial charge in [-0.25, -0.2) is 0 Å². The minimum absolute atomic E-state index is 0.0699. The first-order valence-electron chi connectivity index (χ1n) is 8.29. The standard InChI is InChI=1S/C19H13F6NO3/c20-18(21,22)10-29-14-3-1-2-11(8-14)15-9-16(27)17(28)26(15)13-6-4-12(5-7-13)19(23,24)25/h1-8,15H,9-10H2. The lowest BCUT2D eigenvalue weighted by atomic mass is 10.0. The molecule has 10 heteroatoms. The Labute approximate surface area is 160 Å². The van der Waals surface area contributed by atoms with Crippen molar-refractivity contribution < 1.29 is 40.7 Å². The normalized spacial score (nSPS) is 17.7. The molecule has 0 saturated carbocycles. The van der Waals surface area contributed by atoms with Crippen LogP contribution in [0.15, 0.2) is 48.5 Å². The molecule has 1 unspecified atom stereocenters. The van der Waals surface area contributed by atoms with E-state index in [4.69, 9.17) is 0 Å². The van der Waals surface area contributed by atoms with Crippen molar-refractivity contribution in [2.75, 3.05) is 11.5 Å². The number of hydrogen-bond acceptors (Lipinski definition) is 3. The van der Waals surface area contributed by atoms with Crippen LogP contribution in [-0.2, 0) is 15.8 Å². The van der Waals surface area contributed by atoms with E-state index in [1.54, 1.807) is 0 Å². The third-order valence-electron chi connectivity index (χ3n) is 4.27. The molecule has 2 aromatic rings. The molecule has 0 radical (unpaired) electrons. The minimum Gasteiger partial charge on any atom is -0.484 e. The Kier molecular flexibility index (Phi) is 5.29. The zero-order valence-corrected chi connectivity index (χ0v) is 14.6. The molecule has 1 heterocycles. The molecule has 1 atom stereocenters. The van der Waals surface area contributed by atoms with E-state index in [-0.39, 0.29) is 17.9 Å². The van der Waals surface area contributed by atoms with Gasteiger partial charge in [0.2, 0.25) is 5.78 Å². The molecule has 2 aromatic carbocycles. The molecule has 0 spiro atoms. The lowest BCUT2D eigenvalue weighted by molar-refractivity contribution is -0.153. The molecule has 0 aromatic heterocycles. The van der Waals surface area contributed by atoms with E-state index in [0.717, 1.165) is 29.2 Å². The van der Waals surface area contributed by atoms with Crippen molar-refractivity contribution in [2.24, 2.45) is 0 Å². The maximum Gasteiger partial charge on any atom is 0.422 e. The maximum absolute atomic E-state index is 12.7. The van der Waals surface area contributed by atoms with E-state index < -0.39 is 42.3 Å². The average Bonchev–Trinajstić information content (AvgIpc) is 2.94. The number of rotatable bonds is 4. The predicted octanol–water partition coefficient (Wildman–Crippen LogP) is 4.69. The lowest BCUT2D eigenvalue weighted by Crippen LogP contribution is -2.29. The first-order chi connectivity index (χ1) is 13.5. The van der Waals surface area contributed by atoms with Gasteiger partial charge in [0.25, 0.3) is 5.91 Å². The summed E-state index contributed by atoms with van der Waals surface area (Å²) in [6, 6.07) is 8.27. The van der Waals surface area contributed by atoms with Gasteiger partial charge in [0.05, 0.1) is 11.6 Å². The van der Waals surface area contributed by atoms with Gasteiger partial charge in [0, 0.05) is 12.1 Å². The van der Waals surface area contributed by atoms with Gasteiger partial charge in [-0.2, -0.15) is 26.3 Å². The van der Waals surface area contributed by atoms with Crippen LogP contribution in [0.1, 0.15) is 23.6 Å². The molecule has 1 aliphatic rings. The Bertz CT molecular complexity index is 921. The average molecular weight is 417 g/mol. The largest absolute Gasteiger partial charge is 0.484 e. The second-order valence-corrected chi connectivity index (χ2v) is 6.34. The third-order valence-corrected chi connectivity index (χ3v) is 4.27. The zero-order valence-electron chi connectivity index (χ0n) is 14.6. The SMILES string of the molecule is O=C1CC(c2cccc(OCC(F)(F)F)c2)N(c2ccc(C(F)(F)F)cc2)C1=O. The van der Waals surface area contributed by atoms with Crippen LogP contribution in [0.3, 0.4) is 0 Å². The topological polar surface area (TPSA) is 46.6 Å². The van der Waals surface area contributed by atoms with Crippen LogP contribution in [-0.4, -0.2) is 24.5 Å². The molecular weight excluding hydrogens is 404 g/mol. The first-order valence-corrected chi connectivity index (χ1v) is 8.29. The lowest BCUT2D eigenvalue weighted by Gasteiger charge is -2.25. The quantitative estimate of drug-likeness (QED) is 0.536. The van der Waals surface area contributed by atoms with Gasteiger partial charge >= 0.3 is 12.4 Å². The summed E-state index contributed by atoms with van der Waals surface area (Å²) in [6.07, 6.45) is -9.36. The van der Waals surface area contributed by atoms with Crippen LogP contribution in [0.2, 0.25) is 0 Å². The summed E-state index contributed by atoms with van der Waals surface area (Å²) in [7, 11) is 0.